The Bertz CT molecular complexity index is 890. The smallest absolute Gasteiger partial charge is 0.229 e. The van der Waals surface area contributed by atoms with E-state index in [1.807, 2.05) is 17.0 Å². The van der Waals surface area contributed by atoms with E-state index >= 15 is 0 Å². The molecule has 6 nitrogen and oxygen atoms in total. The highest BCUT2D eigenvalue weighted by atomic mass is 19.1. The molecule has 0 bridgehead atoms. The monoisotopic (exact) mass is 412 g/mol. The van der Waals surface area contributed by atoms with Crippen molar-refractivity contribution in [2.24, 2.45) is 5.41 Å². The van der Waals surface area contributed by atoms with E-state index < -0.39 is 5.41 Å². The number of carbonyl (C=O) groups is 2. The average Bonchev–Trinajstić information content (AvgIpc) is 3.30. The Morgan fingerprint density at radius 2 is 1.93 bits per heavy atom. The number of H-pyrrole nitrogens is 1. The lowest BCUT2D eigenvalue weighted by Crippen LogP contribution is -2.53. The number of amides is 2. The van der Waals surface area contributed by atoms with Gasteiger partial charge >= 0.3 is 0 Å². The molecule has 0 spiro atoms. The van der Waals surface area contributed by atoms with Crippen molar-refractivity contribution in [1.29, 1.82) is 0 Å². The first-order valence-electron chi connectivity index (χ1n) is 10.8. The van der Waals surface area contributed by atoms with E-state index in [0.29, 0.717) is 44.5 Å². The van der Waals surface area contributed by atoms with Crippen LogP contribution in [0.1, 0.15) is 49.8 Å². The van der Waals surface area contributed by atoms with Crippen LogP contribution in [-0.4, -0.2) is 58.0 Å². The third-order valence-corrected chi connectivity index (χ3v) is 6.78. The molecule has 2 aliphatic heterocycles. The van der Waals surface area contributed by atoms with Crippen molar-refractivity contribution in [3.63, 3.8) is 0 Å². The molecule has 7 heteroatoms. The van der Waals surface area contributed by atoms with E-state index in [9.17, 15) is 14.0 Å². The molecule has 1 aromatic carbocycles. The summed E-state index contributed by atoms with van der Waals surface area (Å²) in [7, 11) is 0. The van der Waals surface area contributed by atoms with Crippen LogP contribution in [-0.2, 0) is 16.0 Å². The number of benzene rings is 1. The lowest BCUT2D eigenvalue weighted by Gasteiger charge is -2.45. The first kappa shape index (κ1) is 20.6. The van der Waals surface area contributed by atoms with Crippen LogP contribution in [0.4, 0.5) is 4.39 Å². The molecule has 160 valence electrons. The summed E-state index contributed by atoms with van der Waals surface area (Å²) in [4.78, 5) is 29.4. The fourth-order valence-corrected chi connectivity index (χ4v) is 4.97. The molecule has 1 aromatic heterocycles. The van der Waals surface area contributed by atoms with E-state index in [1.165, 1.54) is 6.07 Å². The second-order valence-electron chi connectivity index (χ2n) is 8.66. The molecule has 2 aliphatic rings. The van der Waals surface area contributed by atoms with Gasteiger partial charge in [0, 0.05) is 50.9 Å². The molecule has 0 aliphatic carbocycles. The van der Waals surface area contributed by atoms with E-state index in [2.05, 4.69) is 10.2 Å². The molecule has 2 amide bonds. The van der Waals surface area contributed by atoms with Crippen LogP contribution in [0.5, 0.6) is 0 Å². The Hall–Kier alpha value is -2.70. The Kier molecular flexibility index (Phi) is 5.88. The number of likely N-dealkylation sites (tertiary alicyclic amines) is 2. The van der Waals surface area contributed by atoms with Crippen molar-refractivity contribution >= 4 is 11.8 Å². The molecule has 2 fully saturated rings. The van der Waals surface area contributed by atoms with Gasteiger partial charge in [0.15, 0.2) is 0 Å². The van der Waals surface area contributed by atoms with Crippen molar-refractivity contribution in [1.82, 2.24) is 20.0 Å². The molecule has 3 heterocycles. The highest BCUT2D eigenvalue weighted by Crippen LogP contribution is 2.39. The maximum absolute atomic E-state index is 14.5. The Morgan fingerprint density at radius 1 is 1.17 bits per heavy atom. The van der Waals surface area contributed by atoms with Gasteiger partial charge in [-0.15, -0.1) is 0 Å². The number of rotatable bonds is 4. The van der Waals surface area contributed by atoms with E-state index in [4.69, 9.17) is 0 Å². The number of carbonyl (C=O) groups excluding carboxylic acids is 2. The molecule has 30 heavy (non-hydrogen) atoms. The number of hydrogen-bond donors (Lipinski definition) is 1. The van der Waals surface area contributed by atoms with E-state index in [1.54, 1.807) is 30.2 Å². The SMILES string of the molecule is CC(=O)N1CCC(Cc2ccccc2F)(C(=O)N2CCC[C@@H](c3ccn[nH]3)C2)CC1. The molecule has 4 rings (SSSR count). The minimum Gasteiger partial charge on any atom is -0.343 e. The predicted octanol–water partition coefficient (Wildman–Crippen LogP) is 3.13. The Morgan fingerprint density at radius 3 is 2.60 bits per heavy atom. The number of nitrogens with zero attached hydrogens (tertiary/aromatic N) is 3. The number of hydrogen-bond acceptors (Lipinski definition) is 3. The molecule has 1 N–H and O–H groups in total. The molecule has 2 saturated heterocycles. The molecule has 0 saturated carbocycles. The van der Waals surface area contributed by atoms with Crippen LogP contribution < -0.4 is 0 Å². The molecule has 0 unspecified atom stereocenters. The van der Waals surface area contributed by atoms with Gasteiger partial charge in [-0.25, -0.2) is 4.39 Å². The highest BCUT2D eigenvalue weighted by Gasteiger charge is 2.45. The predicted molar refractivity (Wildman–Crippen MR) is 111 cm³/mol. The number of halogens is 1. The summed E-state index contributed by atoms with van der Waals surface area (Å²) in [5.74, 6) is 0.0954. The minimum atomic E-state index is -0.677. The van der Waals surface area contributed by atoms with Gasteiger partial charge in [-0.2, -0.15) is 5.10 Å². The van der Waals surface area contributed by atoms with Crippen molar-refractivity contribution in [3.8, 4) is 0 Å². The van der Waals surface area contributed by atoms with Crippen molar-refractivity contribution in [2.75, 3.05) is 26.2 Å². The highest BCUT2D eigenvalue weighted by molar-refractivity contribution is 5.84. The summed E-state index contributed by atoms with van der Waals surface area (Å²) in [6, 6.07) is 8.68. The zero-order valence-electron chi connectivity index (χ0n) is 17.4. The number of aromatic amines is 1. The van der Waals surface area contributed by atoms with Crippen LogP contribution >= 0.6 is 0 Å². The first-order chi connectivity index (χ1) is 14.5. The second kappa shape index (κ2) is 8.58. The third kappa shape index (κ3) is 4.11. The van der Waals surface area contributed by atoms with Crippen molar-refractivity contribution < 1.29 is 14.0 Å². The quantitative estimate of drug-likeness (QED) is 0.839. The maximum Gasteiger partial charge on any atom is 0.229 e. The van der Waals surface area contributed by atoms with Crippen LogP contribution in [0.25, 0.3) is 0 Å². The van der Waals surface area contributed by atoms with Gasteiger partial charge in [-0.05, 0) is 49.8 Å². The summed E-state index contributed by atoms with van der Waals surface area (Å²) in [5, 5.41) is 7.09. The normalized spacial score (nSPS) is 21.5. The lowest BCUT2D eigenvalue weighted by molar-refractivity contribution is -0.149. The zero-order valence-corrected chi connectivity index (χ0v) is 17.4. The summed E-state index contributed by atoms with van der Waals surface area (Å²) in [6.07, 6.45) is 5.19. The molecule has 1 atom stereocenters. The van der Waals surface area contributed by atoms with Gasteiger partial charge in [-0.1, -0.05) is 18.2 Å². The lowest BCUT2D eigenvalue weighted by atomic mass is 9.72. The Labute approximate surface area is 176 Å². The van der Waals surface area contributed by atoms with Crippen LogP contribution in [0, 0.1) is 11.2 Å². The van der Waals surface area contributed by atoms with Gasteiger partial charge < -0.3 is 9.80 Å². The maximum atomic E-state index is 14.5. The topological polar surface area (TPSA) is 69.3 Å². The molecule has 2 aromatic rings. The zero-order chi connectivity index (χ0) is 21.1. The summed E-state index contributed by atoms with van der Waals surface area (Å²) in [6.45, 7) is 4.00. The average molecular weight is 413 g/mol. The van der Waals surface area contributed by atoms with Gasteiger partial charge in [0.1, 0.15) is 5.82 Å². The third-order valence-electron chi connectivity index (χ3n) is 6.78. The van der Waals surface area contributed by atoms with Crippen molar-refractivity contribution in [2.45, 2.75) is 44.9 Å². The van der Waals surface area contributed by atoms with Gasteiger partial charge in [0.2, 0.25) is 11.8 Å². The second-order valence-corrected chi connectivity index (χ2v) is 8.66. The summed E-state index contributed by atoms with van der Waals surface area (Å²) >= 11 is 0. The number of nitrogens with one attached hydrogen (secondary N) is 1. The summed E-state index contributed by atoms with van der Waals surface area (Å²) < 4.78 is 14.5. The van der Waals surface area contributed by atoms with Gasteiger partial charge in [0.25, 0.3) is 0 Å². The number of piperidine rings is 2. The minimum absolute atomic E-state index is 0.0271. The van der Waals surface area contributed by atoms with Crippen LogP contribution in [0.3, 0.4) is 0 Å². The van der Waals surface area contributed by atoms with Crippen molar-refractivity contribution in [3.05, 3.63) is 53.6 Å². The standard InChI is InChI=1S/C23H29FN4O2/c1-17(29)27-13-9-23(10-14-27,15-18-5-2-3-7-20(18)24)22(30)28-12-4-6-19(16-28)21-8-11-25-26-21/h2-3,5,7-8,11,19H,4,6,9-10,12-16H2,1H3,(H,25,26)/t19-/m1/s1. The molecular weight excluding hydrogens is 383 g/mol. The van der Waals surface area contributed by atoms with Gasteiger partial charge in [-0.3, -0.25) is 14.7 Å². The number of aromatic nitrogens is 2. The van der Waals surface area contributed by atoms with Gasteiger partial charge in [0.05, 0.1) is 5.41 Å². The van der Waals surface area contributed by atoms with E-state index in [-0.39, 0.29) is 23.5 Å². The van der Waals surface area contributed by atoms with Crippen LogP contribution in [0.2, 0.25) is 0 Å². The fourth-order valence-electron chi connectivity index (χ4n) is 4.97. The molecular formula is C23H29FN4O2. The summed E-state index contributed by atoms with van der Waals surface area (Å²) in [5.41, 5.74) is 0.954. The molecule has 0 radical (unpaired) electrons. The van der Waals surface area contributed by atoms with Crippen LogP contribution in [0.15, 0.2) is 36.5 Å². The first-order valence-corrected chi connectivity index (χ1v) is 10.8. The van der Waals surface area contributed by atoms with E-state index in [0.717, 1.165) is 25.1 Å². The largest absolute Gasteiger partial charge is 0.343 e. The fraction of sp³-hybridized carbons (Fsp3) is 0.522. The Balaban J connectivity index is 1.58.